The number of aliphatic carboxylic acids is 1. The summed E-state index contributed by atoms with van der Waals surface area (Å²) in [6, 6.07) is 14.5. The lowest BCUT2D eigenvalue weighted by Crippen LogP contribution is -2.51. The maximum absolute atomic E-state index is 13.2. The molecule has 0 spiro atoms. The van der Waals surface area contributed by atoms with Gasteiger partial charge in [-0.25, -0.2) is 13.1 Å². The van der Waals surface area contributed by atoms with E-state index in [0.717, 1.165) is 16.5 Å². The molecule has 0 fully saturated rings. The van der Waals surface area contributed by atoms with E-state index in [4.69, 9.17) is 0 Å². The van der Waals surface area contributed by atoms with Crippen LogP contribution < -0.4 is 15.4 Å². The second-order valence-electron chi connectivity index (χ2n) is 9.55. The lowest BCUT2D eigenvalue weighted by atomic mass is 9.92. The zero-order valence-corrected chi connectivity index (χ0v) is 22.3. The van der Waals surface area contributed by atoms with Crippen LogP contribution in [0.1, 0.15) is 32.3 Å². The number of aromatic amines is 1. The Balaban J connectivity index is 1.71. The van der Waals surface area contributed by atoms with E-state index in [1.165, 1.54) is 12.1 Å². The standard InChI is InChI=1S/C27H34N4O6S/c1-18(2)14-19(16-25(32)33)26(34)31-24(15-20-17-29-23-11-7-6-10-22(20)23)27(35)28-12-13-30-38(36,37)21-8-4-3-5-9-21/h3-11,17-19,24,29-30H,12-16H2,1-2H3,(H,28,35)(H,31,34)(H,32,33)/t19?,24-/m0/s1. The highest BCUT2D eigenvalue weighted by molar-refractivity contribution is 7.89. The average molecular weight is 543 g/mol. The Morgan fingerprint density at radius 2 is 1.63 bits per heavy atom. The molecular formula is C27H34N4O6S. The van der Waals surface area contributed by atoms with E-state index in [0.29, 0.717) is 6.42 Å². The topological polar surface area (TPSA) is 157 Å². The van der Waals surface area contributed by atoms with Gasteiger partial charge in [-0.05, 0) is 36.1 Å². The Kier molecular flexibility index (Phi) is 10.0. The third-order valence-electron chi connectivity index (χ3n) is 6.05. The van der Waals surface area contributed by atoms with E-state index in [9.17, 15) is 27.9 Å². The number of hydrogen-bond acceptors (Lipinski definition) is 5. The molecule has 5 N–H and O–H groups in total. The summed E-state index contributed by atoms with van der Waals surface area (Å²) in [5.74, 6) is -2.80. The highest BCUT2D eigenvalue weighted by atomic mass is 32.2. The number of carboxylic acid groups (broad SMARTS) is 1. The maximum Gasteiger partial charge on any atom is 0.304 e. The van der Waals surface area contributed by atoms with Gasteiger partial charge in [0.1, 0.15) is 6.04 Å². The lowest BCUT2D eigenvalue weighted by Gasteiger charge is -2.23. The van der Waals surface area contributed by atoms with Crippen LogP contribution in [0.15, 0.2) is 65.7 Å². The third-order valence-corrected chi connectivity index (χ3v) is 7.53. The summed E-state index contributed by atoms with van der Waals surface area (Å²) in [5, 5.41) is 15.6. The Hall–Kier alpha value is -3.70. The van der Waals surface area contributed by atoms with Crippen LogP contribution in [0.2, 0.25) is 0 Å². The van der Waals surface area contributed by atoms with E-state index in [1.807, 2.05) is 38.1 Å². The number of carbonyl (C=O) groups excluding carboxylic acids is 2. The Labute approximate surface area is 222 Å². The average Bonchev–Trinajstić information content (AvgIpc) is 3.28. The lowest BCUT2D eigenvalue weighted by molar-refractivity contribution is -0.141. The third kappa shape index (κ3) is 8.15. The summed E-state index contributed by atoms with van der Waals surface area (Å²) >= 11 is 0. The molecule has 0 saturated heterocycles. The number of amides is 2. The van der Waals surface area contributed by atoms with Crippen LogP contribution in [0, 0.1) is 11.8 Å². The van der Waals surface area contributed by atoms with Crippen LogP contribution in [-0.2, 0) is 30.8 Å². The molecule has 2 aromatic carbocycles. The van der Waals surface area contributed by atoms with Gasteiger partial charge in [-0.15, -0.1) is 0 Å². The molecule has 1 heterocycles. The van der Waals surface area contributed by atoms with Crippen molar-refractivity contribution in [3.05, 3.63) is 66.4 Å². The molecule has 3 rings (SSSR count). The first-order valence-electron chi connectivity index (χ1n) is 12.5. The number of sulfonamides is 1. The number of fused-ring (bicyclic) bond motifs is 1. The molecule has 38 heavy (non-hydrogen) atoms. The normalized spacial score (nSPS) is 13.2. The number of carboxylic acids is 1. The summed E-state index contributed by atoms with van der Waals surface area (Å²) in [6.45, 7) is 3.74. The number of benzene rings is 2. The molecule has 10 nitrogen and oxygen atoms in total. The molecule has 11 heteroatoms. The fraction of sp³-hybridized carbons (Fsp3) is 0.370. The van der Waals surface area contributed by atoms with Crippen LogP contribution in [0.3, 0.4) is 0 Å². The van der Waals surface area contributed by atoms with E-state index >= 15 is 0 Å². The molecule has 0 aliphatic carbocycles. The number of nitrogens with one attached hydrogen (secondary N) is 4. The van der Waals surface area contributed by atoms with Crippen molar-refractivity contribution in [2.24, 2.45) is 11.8 Å². The summed E-state index contributed by atoms with van der Waals surface area (Å²) in [4.78, 5) is 40.9. The summed E-state index contributed by atoms with van der Waals surface area (Å²) in [6.07, 6.45) is 1.96. The zero-order chi connectivity index (χ0) is 27.7. The van der Waals surface area contributed by atoms with Crippen molar-refractivity contribution in [2.45, 2.75) is 44.0 Å². The highest BCUT2D eigenvalue weighted by Gasteiger charge is 2.28. The van der Waals surface area contributed by atoms with E-state index in [-0.39, 0.29) is 36.7 Å². The van der Waals surface area contributed by atoms with Crippen molar-refractivity contribution in [1.29, 1.82) is 0 Å². The van der Waals surface area contributed by atoms with Crippen molar-refractivity contribution in [1.82, 2.24) is 20.3 Å². The molecule has 0 aliphatic heterocycles. The van der Waals surface area contributed by atoms with Gasteiger partial charge in [-0.1, -0.05) is 50.2 Å². The van der Waals surface area contributed by atoms with Crippen LogP contribution in [0.25, 0.3) is 10.9 Å². The van der Waals surface area contributed by atoms with Gasteiger partial charge in [-0.3, -0.25) is 14.4 Å². The fourth-order valence-electron chi connectivity index (χ4n) is 4.26. The predicted octanol–water partition coefficient (Wildman–Crippen LogP) is 2.43. The van der Waals surface area contributed by atoms with Gasteiger partial charge in [0, 0.05) is 42.5 Å². The molecule has 1 unspecified atom stereocenters. The molecular weight excluding hydrogens is 508 g/mol. The quantitative estimate of drug-likeness (QED) is 0.197. The second-order valence-corrected chi connectivity index (χ2v) is 11.3. The first kappa shape index (κ1) is 28.9. The minimum Gasteiger partial charge on any atom is -0.481 e. The van der Waals surface area contributed by atoms with Gasteiger partial charge in [-0.2, -0.15) is 0 Å². The van der Waals surface area contributed by atoms with Gasteiger partial charge in [0.25, 0.3) is 0 Å². The molecule has 2 atom stereocenters. The Morgan fingerprint density at radius 3 is 2.32 bits per heavy atom. The molecule has 1 aromatic heterocycles. The molecule has 0 saturated carbocycles. The smallest absolute Gasteiger partial charge is 0.304 e. The fourth-order valence-corrected chi connectivity index (χ4v) is 5.31. The predicted molar refractivity (Wildman–Crippen MR) is 144 cm³/mol. The Morgan fingerprint density at radius 1 is 0.947 bits per heavy atom. The minimum atomic E-state index is -3.73. The summed E-state index contributed by atoms with van der Waals surface area (Å²) in [5.41, 5.74) is 1.69. The highest BCUT2D eigenvalue weighted by Crippen LogP contribution is 2.20. The van der Waals surface area contributed by atoms with Gasteiger partial charge in [0.05, 0.1) is 11.3 Å². The van der Waals surface area contributed by atoms with Crippen molar-refractivity contribution < 1.29 is 27.9 Å². The molecule has 3 aromatic rings. The number of H-pyrrole nitrogens is 1. The number of para-hydroxylation sites is 1. The molecule has 0 radical (unpaired) electrons. The minimum absolute atomic E-state index is 0.00427. The first-order chi connectivity index (χ1) is 18.1. The first-order valence-corrected chi connectivity index (χ1v) is 13.9. The van der Waals surface area contributed by atoms with E-state index < -0.39 is 39.8 Å². The van der Waals surface area contributed by atoms with E-state index in [1.54, 1.807) is 24.4 Å². The molecule has 204 valence electrons. The summed E-state index contributed by atoms with van der Waals surface area (Å²) < 4.78 is 27.3. The van der Waals surface area contributed by atoms with Gasteiger partial charge < -0.3 is 20.7 Å². The van der Waals surface area contributed by atoms with Gasteiger partial charge in [0.15, 0.2) is 0 Å². The van der Waals surface area contributed by atoms with Gasteiger partial charge >= 0.3 is 5.97 Å². The van der Waals surface area contributed by atoms with Crippen LogP contribution in [0.5, 0.6) is 0 Å². The second kappa shape index (κ2) is 13.2. The monoisotopic (exact) mass is 542 g/mol. The Bertz CT molecular complexity index is 1350. The van der Waals surface area contributed by atoms with Crippen molar-refractivity contribution in [2.75, 3.05) is 13.1 Å². The number of hydrogen-bond donors (Lipinski definition) is 5. The van der Waals surface area contributed by atoms with Crippen LogP contribution in [-0.4, -0.2) is 55.4 Å². The SMILES string of the molecule is CC(C)CC(CC(=O)O)C(=O)N[C@@H](Cc1c[nH]c2ccccc12)C(=O)NCCNS(=O)(=O)c1ccccc1. The molecule has 0 bridgehead atoms. The largest absolute Gasteiger partial charge is 0.481 e. The summed E-state index contributed by atoms with van der Waals surface area (Å²) in [7, 11) is -3.73. The number of rotatable bonds is 14. The van der Waals surface area contributed by atoms with Crippen LogP contribution in [0.4, 0.5) is 0 Å². The van der Waals surface area contributed by atoms with Gasteiger partial charge in [0.2, 0.25) is 21.8 Å². The van der Waals surface area contributed by atoms with Crippen LogP contribution >= 0.6 is 0 Å². The zero-order valence-electron chi connectivity index (χ0n) is 21.4. The molecule has 2 amide bonds. The molecule has 0 aliphatic rings. The van der Waals surface area contributed by atoms with Crippen molar-refractivity contribution in [3.63, 3.8) is 0 Å². The maximum atomic E-state index is 13.2. The number of aromatic nitrogens is 1. The van der Waals surface area contributed by atoms with Crippen molar-refractivity contribution in [3.8, 4) is 0 Å². The van der Waals surface area contributed by atoms with E-state index in [2.05, 4.69) is 20.3 Å². The number of carbonyl (C=O) groups is 3. The van der Waals surface area contributed by atoms with Crippen molar-refractivity contribution >= 4 is 38.7 Å².